The normalized spacial score (nSPS) is 18.0. The Balaban J connectivity index is 3.78. The van der Waals surface area contributed by atoms with Crippen LogP contribution in [0.25, 0.3) is 0 Å². The first-order chi connectivity index (χ1) is 9.93. The number of rotatable bonds is 3. The molecule has 1 aliphatic rings. The van der Waals surface area contributed by atoms with Crippen molar-refractivity contribution in [2.24, 2.45) is 5.41 Å². The second kappa shape index (κ2) is 5.88. The highest BCUT2D eigenvalue weighted by Crippen LogP contribution is 2.42. The average molecular weight is 289 g/mol. The van der Waals surface area contributed by atoms with Gasteiger partial charge in [0.1, 0.15) is 17.6 Å². The van der Waals surface area contributed by atoms with E-state index in [9.17, 15) is 24.9 Å². The Morgan fingerprint density at radius 1 is 1.19 bits per heavy atom. The summed E-state index contributed by atoms with van der Waals surface area (Å²) in [6, 6.07) is 3.32. The minimum atomic E-state index is -2.14. The molecule has 8 heteroatoms. The Bertz CT molecular complexity index is 646. The number of carbonyl (C=O) groups excluding carboxylic acids is 3. The molecule has 0 fully saturated rings. The summed E-state index contributed by atoms with van der Waals surface area (Å²) in [5.74, 6) is -2.00. The van der Waals surface area contributed by atoms with Crippen molar-refractivity contribution in [3.8, 4) is 12.1 Å². The van der Waals surface area contributed by atoms with E-state index in [-0.39, 0.29) is 11.3 Å². The Morgan fingerprint density at radius 3 is 2.10 bits per heavy atom. The largest absolute Gasteiger partial charge is 0.466 e. The third-order valence-corrected chi connectivity index (χ3v) is 2.94. The van der Waals surface area contributed by atoms with Gasteiger partial charge < -0.3 is 14.8 Å². The van der Waals surface area contributed by atoms with E-state index in [2.05, 4.69) is 14.8 Å². The molecular weight excluding hydrogens is 278 g/mol. The van der Waals surface area contributed by atoms with Crippen molar-refractivity contribution in [3.05, 3.63) is 22.5 Å². The average Bonchev–Trinajstić information content (AvgIpc) is 2.87. The molecule has 0 radical (unpaired) electrons. The van der Waals surface area contributed by atoms with E-state index < -0.39 is 28.6 Å². The SMILES string of the molecule is COC(=O)C1=C(C(=O)OC)C(C#N)(C#N)/C(=C(\C)C=O)N1. The van der Waals surface area contributed by atoms with Gasteiger partial charge in [-0.3, -0.25) is 4.79 Å². The van der Waals surface area contributed by atoms with Crippen LogP contribution in [0.3, 0.4) is 0 Å². The van der Waals surface area contributed by atoms with E-state index in [0.717, 1.165) is 14.2 Å². The van der Waals surface area contributed by atoms with Gasteiger partial charge >= 0.3 is 11.9 Å². The fourth-order valence-corrected chi connectivity index (χ4v) is 1.91. The van der Waals surface area contributed by atoms with Crippen LogP contribution in [0.5, 0.6) is 0 Å². The zero-order valence-electron chi connectivity index (χ0n) is 11.5. The van der Waals surface area contributed by atoms with Crippen molar-refractivity contribution >= 4 is 18.2 Å². The molecule has 0 unspecified atom stereocenters. The lowest BCUT2D eigenvalue weighted by Crippen LogP contribution is -2.27. The maximum absolute atomic E-state index is 11.9. The summed E-state index contributed by atoms with van der Waals surface area (Å²) in [4.78, 5) is 34.6. The van der Waals surface area contributed by atoms with Gasteiger partial charge in [-0.1, -0.05) is 0 Å². The molecule has 0 aromatic rings. The third-order valence-electron chi connectivity index (χ3n) is 2.94. The van der Waals surface area contributed by atoms with E-state index in [1.807, 2.05) is 0 Å². The zero-order chi connectivity index (χ0) is 16.2. The number of nitrogens with one attached hydrogen (secondary N) is 1. The van der Waals surface area contributed by atoms with Gasteiger partial charge in [0.05, 0.1) is 32.1 Å². The first-order valence-electron chi connectivity index (χ1n) is 5.60. The van der Waals surface area contributed by atoms with Crippen molar-refractivity contribution in [1.82, 2.24) is 5.32 Å². The van der Waals surface area contributed by atoms with Crippen molar-refractivity contribution < 1.29 is 23.9 Å². The number of ether oxygens (including phenoxy) is 2. The quantitative estimate of drug-likeness (QED) is 0.425. The molecule has 1 N–H and O–H groups in total. The second-order valence-electron chi connectivity index (χ2n) is 4.01. The lowest BCUT2D eigenvalue weighted by molar-refractivity contribution is -0.139. The predicted molar refractivity (Wildman–Crippen MR) is 66.6 cm³/mol. The first-order valence-corrected chi connectivity index (χ1v) is 5.60. The lowest BCUT2D eigenvalue weighted by Gasteiger charge is -2.16. The highest BCUT2D eigenvalue weighted by atomic mass is 16.5. The number of hydrogen-bond donors (Lipinski definition) is 1. The molecular formula is C13H11N3O5. The maximum atomic E-state index is 11.9. The van der Waals surface area contributed by atoms with Gasteiger partial charge in [0.15, 0.2) is 0 Å². The molecule has 0 amide bonds. The van der Waals surface area contributed by atoms with Gasteiger partial charge in [0, 0.05) is 5.57 Å². The monoisotopic (exact) mass is 289 g/mol. The van der Waals surface area contributed by atoms with Gasteiger partial charge in [-0.2, -0.15) is 10.5 Å². The lowest BCUT2D eigenvalue weighted by atomic mass is 9.80. The van der Waals surface area contributed by atoms with Gasteiger partial charge in [-0.05, 0) is 6.92 Å². The molecule has 8 nitrogen and oxygen atoms in total. The molecule has 108 valence electrons. The van der Waals surface area contributed by atoms with Crippen molar-refractivity contribution in [2.75, 3.05) is 14.2 Å². The number of nitrogens with zero attached hydrogens (tertiary/aromatic N) is 2. The van der Waals surface area contributed by atoms with E-state index >= 15 is 0 Å². The molecule has 1 aliphatic heterocycles. The number of aldehydes is 1. The van der Waals surface area contributed by atoms with Crippen LogP contribution in [0, 0.1) is 28.1 Å². The van der Waals surface area contributed by atoms with Crippen molar-refractivity contribution in [1.29, 1.82) is 10.5 Å². The summed E-state index contributed by atoms with van der Waals surface area (Å²) < 4.78 is 9.03. The Kier molecular flexibility index (Phi) is 4.46. The molecule has 1 rings (SSSR count). The Morgan fingerprint density at radius 2 is 1.71 bits per heavy atom. The van der Waals surface area contributed by atoms with Crippen LogP contribution in [0.4, 0.5) is 0 Å². The summed E-state index contributed by atoms with van der Waals surface area (Å²) in [7, 11) is 2.11. The van der Waals surface area contributed by atoms with E-state index in [4.69, 9.17) is 0 Å². The molecule has 0 aromatic heterocycles. The first kappa shape index (κ1) is 15.9. The number of allylic oxidation sites excluding steroid dienone is 2. The second-order valence-corrected chi connectivity index (χ2v) is 4.01. The van der Waals surface area contributed by atoms with E-state index in [1.54, 1.807) is 12.1 Å². The zero-order valence-corrected chi connectivity index (χ0v) is 11.5. The topological polar surface area (TPSA) is 129 Å². The van der Waals surface area contributed by atoms with Crippen LogP contribution in [0.15, 0.2) is 22.5 Å². The molecule has 0 saturated heterocycles. The van der Waals surface area contributed by atoms with Crippen LogP contribution in [-0.2, 0) is 23.9 Å². The van der Waals surface area contributed by atoms with Crippen LogP contribution in [0.1, 0.15) is 6.92 Å². The van der Waals surface area contributed by atoms with Crippen LogP contribution < -0.4 is 5.32 Å². The molecule has 0 aromatic carbocycles. The molecule has 0 saturated carbocycles. The minimum absolute atomic E-state index is 0.00148. The fourth-order valence-electron chi connectivity index (χ4n) is 1.91. The summed E-state index contributed by atoms with van der Waals surface area (Å²) >= 11 is 0. The van der Waals surface area contributed by atoms with Gasteiger partial charge in [0.2, 0.25) is 5.41 Å². The van der Waals surface area contributed by atoms with Crippen molar-refractivity contribution in [3.63, 3.8) is 0 Å². The number of esters is 2. The summed E-state index contributed by atoms with van der Waals surface area (Å²) in [6.45, 7) is 1.34. The predicted octanol–water partition coefficient (Wildman–Crippen LogP) is -0.304. The molecule has 0 bridgehead atoms. The van der Waals surface area contributed by atoms with Gasteiger partial charge in [0.25, 0.3) is 0 Å². The number of carbonyl (C=O) groups is 3. The Hall–Kier alpha value is -3.13. The summed E-state index contributed by atoms with van der Waals surface area (Å²) in [5.41, 5.74) is -3.20. The van der Waals surface area contributed by atoms with Gasteiger partial charge in [-0.25, -0.2) is 9.59 Å². The molecule has 0 spiro atoms. The molecule has 1 heterocycles. The number of hydrogen-bond acceptors (Lipinski definition) is 8. The molecule has 21 heavy (non-hydrogen) atoms. The smallest absolute Gasteiger partial charge is 0.355 e. The fraction of sp³-hybridized carbons (Fsp3) is 0.308. The van der Waals surface area contributed by atoms with Gasteiger partial charge in [-0.15, -0.1) is 0 Å². The third kappa shape index (κ3) is 2.23. The maximum Gasteiger partial charge on any atom is 0.355 e. The molecule has 0 atom stereocenters. The minimum Gasteiger partial charge on any atom is -0.466 e. The highest BCUT2D eigenvalue weighted by Gasteiger charge is 2.53. The van der Waals surface area contributed by atoms with Crippen molar-refractivity contribution in [2.45, 2.75) is 6.92 Å². The standard InChI is InChI=1S/C13H11N3O5/c1-7(4-17)10-13(5-14,6-15)8(11(18)20-2)9(16-10)12(19)21-3/h4,16H,1-3H3/b10-7-. The van der Waals surface area contributed by atoms with Crippen LogP contribution >= 0.6 is 0 Å². The van der Waals surface area contributed by atoms with Crippen LogP contribution in [-0.4, -0.2) is 32.4 Å². The Labute approximate surface area is 120 Å². The van der Waals surface area contributed by atoms with E-state index in [0.29, 0.717) is 6.29 Å². The van der Waals surface area contributed by atoms with Crippen LogP contribution in [0.2, 0.25) is 0 Å². The number of methoxy groups -OCH3 is 2. The highest BCUT2D eigenvalue weighted by molar-refractivity contribution is 6.05. The summed E-state index contributed by atoms with van der Waals surface area (Å²) in [6.07, 6.45) is 0.404. The molecule has 0 aliphatic carbocycles. The van der Waals surface area contributed by atoms with E-state index in [1.165, 1.54) is 6.92 Å². The number of nitriles is 2. The summed E-state index contributed by atoms with van der Waals surface area (Å²) in [5, 5.41) is 21.2.